The highest BCUT2D eigenvalue weighted by molar-refractivity contribution is 5.76. The molecule has 6 aliphatic heterocycles. The zero-order valence-corrected chi connectivity index (χ0v) is 71.2. The molecule has 36 nitrogen and oxygen atoms in total. The molecule has 6 saturated heterocycles. The maximum atomic E-state index is 13.6. The summed E-state index contributed by atoms with van der Waals surface area (Å²) in [4.78, 5) is 38.8. The maximum absolute atomic E-state index is 13.6. The van der Waals surface area contributed by atoms with E-state index in [9.17, 15) is 106 Å². The first-order chi connectivity index (χ1) is 57.8. The molecule has 32 atom stereocenters. The van der Waals surface area contributed by atoms with Gasteiger partial charge >= 0.3 is 0 Å². The molecule has 6 aliphatic rings. The van der Waals surface area contributed by atoms with E-state index in [-0.39, 0.29) is 12.3 Å². The van der Waals surface area contributed by atoms with Crippen LogP contribution >= 0.6 is 0 Å². The molecule has 0 aromatic heterocycles. The molecule has 6 rings (SSSR count). The van der Waals surface area contributed by atoms with Crippen LogP contribution in [-0.2, 0) is 71.2 Å². The summed E-state index contributed by atoms with van der Waals surface area (Å²) in [6.07, 6.45) is -8.43. The summed E-state index contributed by atoms with van der Waals surface area (Å²) in [6, 6.07) is -4.44. The lowest BCUT2D eigenvalue weighted by molar-refractivity contribution is -0.387. The van der Waals surface area contributed by atoms with Gasteiger partial charge in [0, 0.05) is 20.3 Å². The lowest BCUT2D eigenvalue weighted by Crippen LogP contribution is -2.69. The molecule has 6 fully saturated rings. The van der Waals surface area contributed by atoms with Crippen LogP contribution in [0.25, 0.3) is 0 Å². The number of aliphatic hydroxyl groups excluding tert-OH is 18. The second kappa shape index (κ2) is 58.4. The van der Waals surface area contributed by atoms with Gasteiger partial charge in [-0.15, -0.1) is 0 Å². The van der Waals surface area contributed by atoms with Crippen LogP contribution in [-0.4, -0.2) is 352 Å². The highest BCUT2D eigenvalue weighted by Crippen LogP contribution is 2.37. The van der Waals surface area contributed by atoms with E-state index < -0.39 is 254 Å². The largest absolute Gasteiger partial charge is 0.394 e. The number of nitrogens with one attached hydrogen (secondary N) is 3. The van der Waals surface area contributed by atoms with E-state index in [1.54, 1.807) is 6.08 Å². The summed E-state index contributed by atoms with van der Waals surface area (Å²) in [5.41, 5.74) is 0. The smallest absolute Gasteiger partial charge is 0.220 e. The number of ether oxygens (including phenoxy) is 12. The van der Waals surface area contributed by atoms with Gasteiger partial charge in [-0.1, -0.05) is 231 Å². The van der Waals surface area contributed by atoms with Crippen LogP contribution in [0.1, 0.15) is 259 Å². The Bertz CT molecular complexity index is 2740. The van der Waals surface area contributed by atoms with Gasteiger partial charge in [-0.05, 0) is 19.3 Å². The summed E-state index contributed by atoms with van der Waals surface area (Å²) in [6.45, 7) is 0.467. The zero-order chi connectivity index (χ0) is 87.6. The van der Waals surface area contributed by atoms with Gasteiger partial charge in [0.05, 0.1) is 58.4 Å². The Morgan fingerprint density at radius 3 is 1.10 bits per heavy atom. The van der Waals surface area contributed by atoms with Gasteiger partial charge < -0.3 is 165 Å². The van der Waals surface area contributed by atoms with E-state index in [0.717, 1.165) is 65.2 Å². The van der Waals surface area contributed by atoms with Gasteiger partial charge in [0.2, 0.25) is 17.7 Å². The van der Waals surface area contributed by atoms with Crippen molar-refractivity contribution in [2.75, 3.05) is 46.2 Å². The molecule has 0 aromatic rings. The van der Waals surface area contributed by atoms with Gasteiger partial charge in [0.25, 0.3) is 0 Å². The Labute approximate surface area is 707 Å². The van der Waals surface area contributed by atoms with Gasteiger partial charge in [-0.3, -0.25) is 14.4 Å². The molecule has 21 N–H and O–H groups in total. The summed E-state index contributed by atoms with van der Waals surface area (Å²) >= 11 is 0. The number of carbonyl (C=O) groups excluding carboxylic acids is 3. The molecule has 120 heavy (non-hydrogen) atoms. The number of unbranched alkanes of at least 4 members (excludes halogenated alkanes) is 33. The summed E-state index contributed by atoms with van der Waals surface area (Å²) in [7, 11) is 0. The van der Waals surface area contributed by atoms with E-state index in [1.165, 1.54) is 161 Å². The Balaban J connectivity index is 1.02. The second-order valence-electron chi connectivity index (χ2n) is 33.5. The fourth-order valence-electron chi connectivity index (χ4n) is 16.4. The summed E-state index contributed by atoms with van der Waals surface area (Å²) in [5, 5.41) is 208. The first-order valence-electron chi connectivity index (χ1n) is 45.0. The normalized spacial score (nSPS) is 35.5. The number of amides is 3. The third-order valence-electron chi connectivity index (χ3n) is 23.7. The first kappa shape index (κ1) is 106. The lowest BCUT2D eigenvalue weighted by Gasteiger charge is -2.49. The van der Waals surface area contributed by atoms with Crippen LogP contribution in [0.5, 0.6) is 0 Å². The van der Waals surface area contributed by atoms with Crippen molar-refractivity contribution in [1.82, 2.24) is 16.0 Å². The van der Waals surface area contributed by atoms with Crippen molar-refractivity contribution in [3.8, 4) is 0 Å². The predicted molar refractivity (Wildman–Crippen MR) is 431 cm³/mol. The third-order valence-corrected chi connectivity index (χ3v) is 23.7. The summed E-state index contributed by atoms with van der Waals surface area (Å²) < 4.78 is 70.5. The minimum absolute atomic E-state index is 0.184. The molecule has 0 aromatic carbocycles. The van der Waals surface area contributed by atoms with Crippen LogP contribution in [0.3, 0.4) is 0 Å². The quantitative estimate of drug-likeness (QED) is 0.0294. The maximum Gasteiger partial charge on any atom is 0.220 e. The number of aliphatic hydroxyl groups is 18. The number of hydrogen-bond acceptors (Lipinski definition) is 33. The molecule has 3 amide bonds. The Morgan fingerprint density at radius 2 is 0.667 bits per heavy atom. The van der Waals surface area contributed by atoms with E-state index >= 15 is 0 Å². The number of carbonyl (C=O) groups is 3. The van der Waals surface area contributed by atoms with Crippen molar-refractivity contribution in [3.63, 3.8) is 0 Å². The highest BCUT2D eigenvalue weighted by atomic mass is 16.8. The van der Waals surface area contributed by atoms with Crippen molar-refractivity contribution in [1.29, 1.82) is 0 Å². The topological polar surface area (TPSA) is 562 Å². The van der Waals surface area contributed by atoms with E-state index in [1.807, 2.05) is 6.08 Å². The minimum Gasteiger partial charge on any atom is -0.394 e. The molecule has 0 bridgehead atoms. The van der Waals surface area contributed by atoms with E-state index in [2.05, 4.69) is 29.8 Å². The van der Waals surface area contributed by atoms with Crippen LogP contribution < -0.4 is 16.0 Å². The standard InChI is InChI=1S/C84H153N3O33/c1-5-7-9-11-13-15-17-19-20-21-22-23-24-25-26-27-28-30-32-34-36-38-40-42-60(96)87-52(53(95)41-39-37-35-33-31-29-18-16-14-12-10-8-6-2)48-109-81-72(106)69(103)76(57(46-91)114-81)118-83-73(107)70(104)77(58(47-92)115-83)119-84-74(108)78(65(99)55(44-89)112-84)120-80-61(85-50(3)93)66(100)64(98)59(116-80)49-110-79-62(86-51(4)94)67(101)75(56(45-90)113-79)117-82-71(105)68(102)63(97)54(43-88)111-82/h39,41,52-59,61-84,88-92,95,97-108H,5-38,40,42-49H2,1-4H3,(H,85,93)(H,86,94)(H,87,96)/b41-39+/t52-,53+,54?,55?,56?,57?,58?,59?,61?,62?,63-,64-,65-,66+,67+,68-,69+,70+,71?,72?,73?,74?,75+,76+,77-,78-,79+,80-,81+,82-,83-,84-/m0/s1. The van der Waals surface area contributed by atoms with Crippen molar-refractivity contribution in [2.24, 2.45) is 0 Å². The van der Waals surface area contributed by atoms with Gasteiger partial charge in [0.1, 0.15) is 146 Å². The minimum atomic E-state index is -2.24. The predicted octanol–water partition coefficient (Wildman–Crippen LogP) is 0.697. The van der Waals surface area contributed by atoms with Crippen LogP contribution in [0.15, 0.2) is 12.2 Å². The molecule has 0 spiro atoms. The molecular weight excluding hydrogens is 1580 g/mol. The van der Waals surface area contributed by atoms with Gasteiger partial charge in [0.15, 0.2) is 37.7 Å². The second-order valence-corrected chi connectivity index (χ2v) is 33.5. The molecular formula is C84H153N3O33. The number of allylic oxidation sites excluding steroid dienone is 1. The Morgan fingerprint density at radius 1 is 0.333 bits per heavy atom. The zero-order valence-electron chi connectivity index (χ0n) is 71.2. The molecule has 0 radical (unpaired) electrons. The van der Waals surface area contributed by atoms with Crippen LogP contribution in [0, 0.1) is 0 Å². The third kappa shape index (κ3) is 34.2. The molecule has 0 saturated carbocycles. The van der Waals surface area contributed by atoms with Crippen LogP contribution in [0.4, 0.5) is 0 Å². The van der Waals surface area contributed by atoms with Crippen LogP contribution in [0.2, 0.25) is 0 Å². The molecule has 6 heterocycles. The Kier molecular flexibility index (Phi) is 51.5. The van der Waals surface area contributed by atoms with E-state index in [4.69, 9.17) is 56.8 Å². The molecule has 702 valence electrons. The van der Waals surface area contributed by atoms with Crippen molar-refractivity contribution in [3.05, 3.63) is 12.2 Å². The fraction of sp³-hybridized carbons (Fsp3) is 0.940. The Hall–Kier alpha value is -3.05. The summed E-state index contributed by atoms with van der Waals surface area (Å²) in [5.74, 6) is -1.94. The molecule has 12 unspecified atom stereocenters. The van der Waals surface area contributed by atoms with Crippen molar-refractivity contribution >= 4 is 17.7 Å². The first-order valence-corrected chi connectivity index (χ1v) is 45.0. The highest BCUT2D eigenvalue weighted by Gasteiger charge is 2.58. The average molecular weight is 1730 g/mol. The van der Waals surface area contributed by atoms with Gasteiger partial charge in [-0.25, -0.2) is 0 Å². The molecule has 0 aliphatic carbocycles. The van der Waals surface area contributed by atoms with Crippen molar-refractivity contribution in [2.45, 2.75) is 455 Å². The fourth-order valence-corrected chi connectivity index (χ4v) is 16.4. The average Bonchev–Trinajstić information content (AvgIpc) is 0.773. The molecule has 36 heteroatoms. The number of rotatable bonds is 60. The monoisotopic (exact) mass is 1730 g/mol. The van der Waals surface area contributed by atoms with Crippen molar-refractivity contribution < 1.29 is 163 Å². The number of hydrogen-bond donors (Lipinski definition) is 21. The van der Waals surface area contributed by atoms with Gasteiger partial charge in [-0.2, -0.15) is 0 Å². The van der Waals surface area contributed by atoms with E-state index in [0.29, 0.717) is 12.8 Å². The SMILES string of the molecule is CCCCCCCCCCCCC/C=C/[C@@H](O)[C@H](CO[C@@H]1OC(CO)[C@@H](O[C@@H]2OC(CO)[C@H](O[C@@H]3OC(CO)[C@H](O)[C@H](O[C@@H]4OC(CO[C@@H]5OC(CO)[C@@H](O[C@@H]6OC(CO)[C@H](O)[C@H](O)C6O)[C@H](O)C5NC(C)=O)[C@H](O)[C@H](O)C4NC(C)=O)C3O)[C@H](O)C2O)[C@H](O)C1O)NC(=O)CCCCCCCCCCCCCCCCCCCCCCCCC. The lowest BCUT2D eigenvalue weighted by atomic mass is 9.94.